The molecule has 1 N–H and O–H groups in total. The highest BCUT2D eigenvalue weighted by atomic mass is 19.1. The van der Waals surface area contributed by atoms with Crippen LogP contribution in [0.1, 0.15) is 28.8 Å². The van der Waals surface area contributed by atoms with Crippen LogP contribution in [0.2, 0.25) is 0 Å². The van der Waals surface area contributed by atoms with Gasteiger partial charge in [0.1, 0.15) is 11.9 Å². The largest absolute Gasteiger partial charge is 0.487 e. The fraction of sp³-hybridized carbons (Fsp3) is 0.300. The minimum atomic E-state index is -1.01. The topological polar surface area (TPSA) is 66.8 Å². The lowest BCUT2D eigenvalue weighted by atomic mass is 10.0. The van der Waals surface area contributed by atoms with Crippen LogP contribution in [-0.2, 0) is 11.2 Å². The SMILES string of the molecule is O=C(O)c1ccc(CC(=O)N2CCC(Oc3ccc(F)cc3F)CC2)cc1. The first-order chi connectivity index (χ1) is 12.9. The van der Waals surface area contributed by atoms with Crippen molar-refractivity contribution < 1.29 is 28.2 Å². The van der Waals surface area contributed by atoms with Crippen LogP contribution in [0.15, 0.2) is 42.5 Å². The van der Waals surface area contributed by atoms with Crippen LogP contribution in [0.25, 0.3) is 0 Å². The zero-order valence-electron chi connectivity index (χ0n) is 14.5. The molecule has 1 aliphatic heterocycles. The monoisotopic (exact) mass is 375 g/mol. The summed E-state index contributed by atoms with van der Waals surface area (Å²) in [5.74, 6) is -2.44. The van der Waals surface area contributed by atoms with Crippen molar-refractivity contribution in [2.24, 2.45) is 0 Å². The van der Waals surface area contributed by atoms with Gasteiger partial charge >= 0.3 is 5.97 Å². The van der Waals surface area contributed by atoms with Crippen molar-refractivity contribution in [2.45, 2.75) is 25.4 Å². The summed E-state index contributed by atoms with van der Waals surface area (Å²) >= 11 is 0. The number of hydrogen-bond acceptors (Lipinski definition) is 3. The predicted octanol–water partition coefficient (Wildman–Crippen LogP) is 3.28. The van der Waals surface area contributed by atoms with Crippen molar-refractivity contribution in [1.82, 2.24) is 4.90 Å². The Balaban J connectivity index is 1.50. The Morgan fingerprint density at radius 1 is 1.07 bits per heavy atom. The summed E-state index contributed by atoms with van der Waals surface area (Å²) in [5.41, 5.74) is 0.925. The molecule has 5 nitrogen and oxygen atoms in total. The maximum Gasteiger partial charge on any atom is 0.335 e. The second kappa shape index (κ2) is 8.16. The fourth-order valence-electron chi connectivity index (χ4n) is 3.02. The molecule has 1 fully saturated rings. The summed E-state index contributed by atoms with van der Waals surface area (Å²) < 4.78 is 32.2. The number of halogens is 2. The summed E-state index contributed by atoms with van der Waals surface area (Å²) in [5, 5.41) is 8.89. The zero-order valence-corrected chi connectivity index (χ0v) is 14.5. The second-order valence-electron chi connectivity index (χ2n) is 6.45. The number of nitrogens with zero attached hydrogens (tertiary/aromatic N) is 1. The van der Waals surface area contributed by atoms with Crippen molar-refractivity contribution in [3.63, 3.8) is 0 Å². The number of carbonyl (C=O) groups is 2. The third-order valence-electron chi connectivity index (χ3n) is 4.54. The van der Waals surface area contributed by atoms with Gasteiger partial charge in [0.2, 0.25) is 5.91 Å². The van der Waals surface area contributed by atoms with Crippen LogP contribution in [0, 0.1) is 11.6 Å². The van der Waals surface area contributed by atoms with Gasteiger partial charge in [0.15, 0.2) is 11.6 Å². The highest BCUT2D eigenvalue weighted by molar-refractivity contribution is 5.87. The molecule has 1 saturated heterocycles. The third kappa shape index (κ3) is 4.81. The van der Waals surface area contributed by atoms with E-state index in [-0.39, 0.29) is 29.7 Å². The molecule has 2 aromatic rings. The van der Waals surface area contributed by atoms with Crippen molar-refractivity contribution in [3.8, 4) is 5.75 Å². The van der Waals surface area contributed by atoms with Crippen molar-refractivity contribution in [2.75, 3.05) is 13.1 Å². The van der Waals surface area contributed by atoms with Gasteiger partial charge in [0.05, 0.1) is 12.0 Å². The van der Waals surface area contributed by atoms with Crippen LogP contribution >= 0.6 is 0 Å². The normalized spacial score (nSPS) is 14.8. The van der Waals surface area contributed by atoms with Gasteiger partial charge in [0, 0.05) is 32.0 Å². The molecule has 0 atom stereocenters. The van der Waals surface area contributed by atoms with Gasteiger partial charge in [-0.2, -0.15) is 0 Å². The molecule has 27 heavy (non-hydrogen) atoms. The third-order valence-corrected chi connectivity index (χ3v) is 4.54. The summed E-state index contributed by atoms with van der Waals surface area (Å²) in [6, 6.07) is 9.41. The number of amides is 1. The van der Waals surface area contributed by atoms with Gasteiger partial charge in [-0.3, -0.25) is 4.79 Å². The Bertz CT molecular complexity index is 830. The molecule has 0 aromatic heterocycles. The lowest BCUT2D eigenvalue weighted by molar-refractivity contribution is -0.132. The molecule has 1 heterocycles. The summed E-state index contributed by atoms with van der Waals surface area (Å²) in [4.78, 5) is 25.0. The predicted molar refractivity (Wildman–Crippen MR) is 93.7 cm³/mol. The van der Waals surface area contributed by atoms with Gasteiger partial charge in [-0.1, -0.05) is 12.1 Å². The van der Waals surface area contributed by atoms with E-state index in [1.807, 2.05) is 0 Å². The maximum atomic E-state index is 13.7. The molecule has 142 valence electrons. The van der Waals surface area contributed by atoms with Gasteiger partial charge in [0.25, 0.3) is 0 Å². The number of carboxylic acid groups (broad SMARTS) is 1. The van der Waals surface area contributed by atoms with Crippen molar-refractivity contribution in [3.05, 3.63) is 65.2 Å². The first-order valence-corrected chi connectivity index (χ1v) is 8.64. The smallest absolute Gasteiger partial charge is 0.335 e. The van der Waals surface area contributed by atoms with E-state index in [2.05, 4.69) is 0 Å². The molecule has 2 aromatic carbocycles. The molecule has 3 rings (SSSR count). The Labute approximate surface area is 155 Å². The Hall–Kier alpha value is -2.96. The Morgan fingerprint density at radius 3 is 2.33 bits per heavy atom. The molecule has 1 amide bonds. The van der Waals surface area contributed by atoms with E-state index >= 15 is 0 Å². The van der Waals surface area contributed by atoms with Gasteiger partial charge < -0.3 is 14.7 Å². The molecule has 0 unspecified atom stereocenters. The van der Waals surface area contributed by atoms with Gasteiger partial charge in [-0.15, -0.1) is 0 Å². The highest BCUT2D eigenvalue weighted by Crippen LogP contribution is 2.23. The lowest BCUT2D eigenvalue weighted by Crippen LogP contribution is -2.42. The summed E-state index contributed by atoms with van der Waals surface area (Å²) in [6.07, 6.45) is 1.07. The average molecular weight is 375 g/mol. The maximum absolute atomic E-state index is 13.7. The van der Waals surface area contributed by atoms with Crippen LogP contribution < -0.4 is 4.74 Å². The first-order valence-electron chi connectivity index (χ1n) is 8.64. The molecular weight excluding hydrogens is 356 g/mol. The van der Waals surface area contributed by atoms with Gasteiger partial charge in [-0.05, 0) is 29.8 Å². The van der Waals surface area contributed by atoms with E-state index in [1.54, 1.807) is 17.0 Å². The number of benzene rings is 2. The van der Waals surface area contributed by atoms with Crippen molar-refractivity contribution >= 4 is 11.9 Å². The average Bonchev–Trinajstić information content (AvgIpc) is 2.65. The van der Waals surface area contributed by atoms with E-state index in [0.717, 1.165) is 17.7 Å². The lowest BCUT2D eigenvalue weighted by Gasteiger charge is -2.32. The molecule has 0 spiro atoms. The number of carbonyl (C=O) groups excluding carboxylic acids is 1. The van der Waals surface area contributed by atoms with Crippen LogP contribution in [0.4, 0.5) is 8.78 Å². The molecule has 0 radical (unpaired) electrons. The number of piperidine rings is 1. The quantitative estimate of drug-likeness (QED) is 0.871. The first kappa shape index (κ1) is 18.8. The van der Waals surface area contributed by atoms with Crippen LogP contribution in [0.3, 0.4) is 0 Å². The molecular formula is C20H19F2NO4. The minimum Gasteiger partial charge on any atom is -0.487 e. The molecule has 0 aliphatic carbocycles. The number of hydrogen-bond donors (Lipinski definition) is 1. The van der Waals surface area contributed by atoms with E-state index in [0.29, 0.717) is 25.9 Å². The summed E-state index contributed by atoms with van der Waals surface area (Å²) in [6.45, 7) is 0.971. The standard InChI is InChI=1S/C20H19F2NO4/c21-15-5-6-18(17(22)12-15)27-16-7-9-23(10-8-16)19(24)11-13-1-3-14(4-2-13)20(25)26/h1-6,12,16H,7-11H2,(H,25,26). The zero-order chi connectivity index (χ0) is 19.4. The second-order valence-corrected chi connectivity index (χ2v) is 6.45. The molecule has 7 heteroatoms. The highest BCUT2D eigenvalue weighted by Gasteiger charge is 2.24. The Kier molecular flexibility index (Phi) is 5.69. The van der Waals surface area contributed by atoms with E-state index in [4.69, 9.17) is 9.84 Å². The van der Waals surface area contributed by atoms with Crippen LogP contribution in [-0.4, -0.2) is 41.1 Å². The fourth-order valence-corrected chi connectivity index (χ4v) is 3.02. The van der Waals surface area contributed by atoms with E-state index in [9.17, 15) is 18.4 Å². The van der Waals surface area contributed by atoms with Gasteiger partial charge in [-0.25, -0.2) is 13.6 Å². The van der Waals surface area contributed by atoms with E-state index in [1.165, 1.54) is 18.2 Å². The molecule has 0 saturated carbocycles. The number of ether oxygens (including phenoxy) is 1. The Morgan fingerprint density at radius 2 is 1.74 bits per heavy atom. The number of carboxylic acids is 1. The van der Waals surface area contributed by atoms with E-state index < -0.39 is 17.6 Å². The number of rotatable bonds is 5. The molecule has 0 bridgehead atoms. The number of likely N-dealkylation sites (tertiary alicyclic amines) is 1. The summed E-state index contributed by atoms with van der Waals surface area (Å²) in [7, 11) is 0. The molecule has 1 aliphatic rings. The minimum absolute atomic E-state index is 0.0136. The number of aromatic carboxylic acids is 1. The van der Waals surface area contributed by atoms with Crippen molar-refractivity contribution in [1.29, 1.82) is 0 Å². The van der Waals surface area contributed by atoms with Crippen LogP contribution in [0.5, 0.6) is 5.75 Å².